The van der Waals surface area contributed by atoms with E-state index < -0.39 is 0 Å². The van der Waals surface area contributed by atoms with Crippen LogP contribution in [0.2, 0.25) is 0 Å². The average molecular weight is 164 g/mol. The second-order valence-corrected chi connectivity index (χ2v) is 4.14. The molecule has 1 aliphatic heterocycles. The molecule has 1 nitrogen and oxygen atoms in total. The Balaban J connectivity index is 1.87. The molecule has 12 heavy (non-hydrogen) atoms. The van der Waals surface area contributed by atoms with Crippen LogP contribution in [0.15, 0.2) is 4.99 Å². The maximum absolute atomic E-state index is 4.45. The highest BCUT2D eigenvalue weighted by atomic mass is 14.8. The fourth-order valence-corrected chi connectivity index (χ4v) is 2.50. The van der Waals surface area contributed by atoms with Gasteiger partial charge in [-0.25, -0.2) is 0 Å². The van der Waals surface area contributed by atoms with Crippen molar-refractivity contribution in [2.45, 2.75) is 57.4 Å². The first-order valence-corrected chi connectivity index (χ1v) is 5.39. The molecule has 2 aliphatic rings. The zero-order valence-corrected chi connectivity index (χ0v) is 7.76. The summed E-state index contributed by atoms with van der Waals surface area (Å²) in [6, 6.07) is 0.656. The molecule has 1 heterocycles. The third-order valence-corrected chi connectivity index (χ3v) is 3.25. The molecule has 1 heteroatoms. The van der Waals surface area contributed by atoms with Gasteiger partial charge in [0.25, 0.3) is 0 Å². The molecule has 1 radical (unpaired) electrons. The smallest absolute Gasteiger partial charge is 0.0562 e. The third kappa shape index (κ3) is 1.88. The molecule has 0 saturated heterocycles. The van der Waals surface area contributed by atoms with E-state index in [4.69, 9.17) is 0 Å². The van der Waals surface area contributed by atoms with Crippen LogP contribution in [0, 0.1) is 5.92 Å². The van der Waals surface area contributed by atoms with E-state index >= 15 is 0 Å². The summed E-state index contributed by atoms with van der Waals surface area (Å²) < 4.78 is 0. The van der Waals surface area contributed by atoms with Gasteiger partial charge in [-0.15, -0.1) is 0 Å². The van der Waals surface area contributed by atoms with Crippen molar-refractivity contribution in [2.24, 2.45) is 10.9 Å². The minimum atomic E-state index is 0.656. The quantitative estimate of drug-likeness (QED) is 0.528. The van der Waals surface area contributed by atoms with Crippen molar-refractivity contribution >= 4 is 6.21 Å². The van der Waals surface area contributed by atoms with Crippen LogP contribution in [-0.4, -0.2) is 12.3 Å². The molecule has 2 rings (SSSR count). The first-order chi connectivity index (χ1) is 5.97. The molecule has 1 unspecified atom stereocenters. The maximum atomic E-state index is 4.45. The Labute approximate surface area is 75.3 Å². The molecular formula is C11H18N. The molecule has 1 fully saturated rings. The Bertz CT molecular complexity index is 154. The SMILES string of the molecule is [C]1=NC(C2CCCCCC2)CC1. The Kier molecular flexibility index (Phi) is 2.80. The van der Waals surface area contributed by atoms with Gasteiger partial charge in [0.1, 0.15) is 0 Å². The van der Waals surface area contributed by atoms with Crippen LogP contribution in [0.25, 0.3) is 0 Å². The van der Waals surface area contributed by atoms with E-state index in [1.165, 1.54) is 44.9 Å². The molecule has 0 N–H and O–H groups in total. The van der Waals surface area contributed by atoms with Crippen LogP contribution in [0.1, 0.15) is 51.4 Å². The van der Waals surface area contributed by atoms with Gasteiger partial charge in [0.2, 0.25) is 0 Å². The summed E-state index contributed by atoms with van der Waals surface area (Å²) >= 11 is 0. The minimum Gasteiger partial charge on any atom is -0.284 e. The Morgan fingerprint density at radius 2 is 1.67 bits per heavy atom. The van der Waals surface area contributed by atoms with E-state index in [1.54, 1.807) is 0 Å². The van der Waals surface area contributed by atoms with E-state index in [1.807, 2.05) is 0 Å². The first-order valence-electron chi connectivity index (χ1n) is 5.39. The summed E-state index contributed by atoms with van der Waals surface area (Å²) in [4.78, 5) is 4.45. The lowest BCUT2D eigenvalue weighted by Crippen LogP contribution is -2.15. The summed E-state index contributed by atoms with van der Waals surface area (Å²) in [5.74, 6) is 0.905. The molecule has 1 saturated carbocycles. The van der Waals surface area contributed by atoms with E-state index in [-0.39, 0.29) is 0 Å². The lowest BCUT2D eigenvalue weighted by molar-refractivity contribution is 0.375. The van der Waals surface area contributed by atoms with Crippen LogP contribution >= 0.6 is 0 Å². The summed E-state index contributed by atoms with van der Waals surface area (Å²) in [7, 11) is 0. The van der Waals surface area contributed by atoms with Gasteiger partial charge in [0.15, 0.2) is 0 Å². The van der Waals surface area contributed by atoms with Crippen molar-refractivity contribution in [3.8, 4) is 0 Å². The van der Waals surface area contributed by atoms with E-state index in [2.05, 4.69) is 11.2 Å². The second-order valence-electron chi connectivity index (χ2n) is 4.14. The molecule has 0 aromatic rings. The Hall–Kier alpha value is -0.330. The van der Waals surface area contributed by atoms with Gasteiger partial charge >= 0.3 is 0 Å². The second kappa shape index (κ2) is 4.06. The largest absolute Gasteiger partial charge is 0.284 e. The molecule has 1 aliphatic carbocycles. The van der Waals surface area contributed by atoms with Crippen LogP contribution in [0.5, 0.6) is 0 Å². The third-order valence-electron chi connectivity index (χ3n) is 3.25. The standard InChI is InChI=1S/C11H18N/c1-2-4-7-10(6-3-1)11-8-5-9-12-11/h10-11H,1-8H2. The molecule has 0 spiro atoms. The molecular weight excluding hydrogens is 146 g/mol. The van der Waals surface area contributed by atoms with Gasteiger partial charge in [-0.1, -0.05) is 25.7 Å². The molecule has 0 amide bonds. The van der Waals surface area contributed by atoms with Crippen LogP contribution in [0.4, 0.5) is 0 Å². The number of rotatable bonds is 1. The molecule has 0 aromatic heterocycles. The minimum absolute atomic E-state index is 0.656. The van der Waals surface area contributed by atoms with Gasteiger partial charge in [0, 0.05) is 0 Å². The van der Waals surface area contributed by atoms with Gasteiger partial charge < -0.3 is 0 Å². The Morgan fingerprint density at radius 1 is 0.917 bits per heavy atom. The Morgan fingerprint density at radius 3 is 2.25 bits per heavy atom. The monoisotopic (exact) mass is 164 g/mol. The van der Waals surface area contributed by atoms with Crippen molar-refractivity contribution < 1.29 is 0 Å². The lowest BCUT2D eigenvalue weighted by Gasteiger charge is -2.18. The molecule has 0 bridgehead atoms. The molecule has 67 valence electrons. The van der Waals surface area contributed by atoms with Gasteiger partial charge in [-0.2, -0.15) is 0 Å². The fraction of sp³-hybridized carbons (Fsp3) is 0.909. The molecule has 0 aromatic carbocycles. The van der Waals surface area contributed by atoms with Gasteiger partial charge in [-0.3, -0.25) is 4.99 Å². The predicted molar refractivity (Wildman–Crippen MR) is 51.6 cm³/mol. The number of hydrogen-bond donors (Lipinski definition) is 0. The normalized spacial score (nSPS) is 32.2. The summed E-state index contributed by atoms with van der Waals surface area (Å²) in [5, 5.41) is 0. The maximum Gasteiger partial charge on any atom is 0.0562 e. The van der Waals surface area contributed by atoms with Gasteiger partial charge in [0.05, 0.1) is 12.3 Å². The topological polar surface area (TPSA) is 12.4 Å². The van der Waals surface area contributed by atoms with Crippen molar-refractivity contribution in [2.75, 3.05) is 0 Å². The van der Waals surface area contributed by atoms with Crippen molar-refractivity contribution in [1.29, 1.82) is 0 Å². The number of hydrogen-bond acceptors (Lipinski definition) is 1. The van der Waals surface area contributed by atoms with Crippen LogP contribution < -0.4 is 0 Å². The number of nitrogens with zero attached hydrogens (tertiary/aromatic N) is 1. The summed E-state index contributed by atoms with van der Waals surface area (Å²) in [6.45, 7) is 0. The van der Waals surface area contributed by atoms with Gasteiger partial charge in [-0.05, 0) is 31.6 Å². The zero-order valence-electron chi connectivity index (χ0n) is 7.76. The molecule has 1 atom stereocenters. The predicted octanol–water partition coefficient (Wildman–Crippen LogP) is 3.07. The summed E-state index contributed by atoms with van der Waals surface area (Å²) in [5.41, 5.74) is 0. The highest BCUT2D eigenvalue weighted by molar-refractivity contribution is 5.59. The average Bonchev–Trinajstić information content (AvgIpc) is 2.48. The fourth-order valence-electron chi connectivity index (χ4n) is 2.50. The van der Waals surface area contributed by atoms with E-state index in [9.17, 15) is 0 Å². The number of aliphatic imine (C=N–C) groups is 1. The van der Waals surface area contributed by atoms with E-state index in [0.29, 0.717) is 6.04 Å². The zero-order chi connectivity index (χ0) is 8.23. The lowest BCUT2D eigenvalue weighted by atomic mass is 9.91. The highest BCUT2D eigenvalue weighted by Gasteiger charge is 2.23. The van der Waals surface area contributed by atoms with Crippen molar-refractivity contribution in [1.82, 2.24) is 0 Å². The van der Waals surface area contributed by atoms with E-state index in [0.717, 1.165) is 12.3 Å². The van der Waals surface area contributed by atoms with Crippen LogP contribution in [-0.2, 0) is 0 Å². The van der Waals surface area contributed by atoms with Crippen molar-refractivity contribution in [3.05, 3.63) is 0 Å². The summed E-state index contributed by atoms with van der Waals surface area (Å²) in [6.07, 6.45) is 14.2. The first kappa shape index (κ1) is 8.28. The van der Waals surface area contributed by atoms with Crippen LogP contribution in [0.3, 0.4) is 0 Å². The van der Waals surface area contributed by atoms with Crippen molar-refractivity contribution in [3.63, 3.8) is 0 Å². The highest BCUT2D eigenvalue weighted by Crippen LogP contribution is 2.30.